The van der Waals surface area contributed by atoms with Crippen molar-refractivity contribution in [2.24, 2.45) is 0 Å². The van der Waals surface area contributed by atoms with Gasteiger partial charge in [-0.2, -0.15) is 0 Å². The summed E-state index contributed by atoms with van der Waals surface area (Å²) in [5, 5.41) is 11.9. The van der Waals surface area contributed by atoms with E-state index in [0.717, 1.165) is 5.75 Å². The van der Waals surface area contributed by atoms with Gasteiger partial charge in [0.05, 0.1) is 6.04 Å². The molecule has 3 nitrogen and oxygen atoms in total. The summed E-state index contributed by atoms with van der Waals surface area (Å²) in [6.07, 6.45) is -0.424. The first-order chi connectivity index (χ1) is 8.90. The first-order valence-corrected chi connectivity index (χ1v) is 7.15. The van der Waals surface area contributed by atoms with Crippen LogP contribution in [-0.4, -0.2) is 30.4 Å². The SMILES string of the molecule is Cc1cc(OC[C@@H](O)C[NH2+]C(C)C)ccc1C(C)C. The molecule has 0 saturated carbocycles. The van der Waals surface area contributed by atoms with Crippen LogP contribution in [0.25, 0.3) is 0 Å². The summed E-state index contributed by atoms with van der Waals surface area (Å²) >= 11 is 0. The molecule has 0 aromatic heterocycles. The standard InChI is InChI=1S/C16H27NO2/c1-11(2)16-7-6-15(8-13(16)5)19-10-14(18)9-17-12(3)4/h6-8,11-12,14,17-18H,9-10H2,1-5H3/p+1/t14-/m0/s1. The number of quaternary nitrogens is 1. The smallest absolute Gasteiger partial charge is 0.137 e. The van der Waals surface area contributed by atoms with Gasteiger partial charge in [-0.25, -0.2) is 0 Å². The quantitative estimate of drug-likeness (QED) is 0.791. The lowest BCUT2D eigenvalue weighted by atomic mass is 9.98. The Balaban J connectivity index is 2.47. The Bertz CT molecular complexity index is 388. The van der Waals surface area contributed by atoms with Gasteiger partial charge in [-0.05, 0) is 49.9 Å². The minimum absolute atomic E-state index is 0.351. The van der Waals surface area contributed by atoms with Gasteiger partial charge in [-0.15, -0.1) is 0 Å². The number of ether oxygens (including phenoxy) is 1. The average molecular weight is 266 g/mol. The normalized spacial score (nSPS) is 13.1. The molecule has 1 atom stereocenters. The predicted molar refractivity (Wildman–Crippen MR) is 78.7 cm³/mol. The fraction of sp³-hybridized carbons (Fsp3) is 0.625. The van der Waals surface area contributed by atoms with Crippen molar-refractivity contribution < 1.29 is 15.2 Å². The van der Waals surface area contributed by atoms with Crippen molar-refractivity contribution in [2.45, 2.75) is 52.7 Å². The minimum atomic E-state index is -0.424. The summed E-state index contributed by atoms with van der Waals surface area (Å²) in [5.74, 6) is 1.37. The largest absolute Gasteiger partial charge is 0.491 e. The van der Waals surface area contributed by atoms with Gasteiger partial charge in [0.15, 0.2) is 0 Å². The van der Waals surface area contributed by atoms with Crippen LogP contribution in [-0.2, 0) is 0 Å². The fourth-order valence-electron chi connectivity index (χ4n) is 2.08. The Labute approximate surface area is 117 Å². The molecule has 3 N–H and O–H groups in total. The van der Waals surface area contributed by atoms with Crippen LogP contribution < -0.4 is 10.1 Å². The van der Waals surface area contributed by atoms with Crippen LogP contribution in [0.5, 0.6) is 5.75 Å². The first-order valence-electron chi connectivity index (χ1n) is 7.15. The second kappa shape index (κ2) is 7.51. The van der Waals surface area contributed by atoms with E-state index in [9.17, 15) is 5.11 Å². The van der Waals surface area contributed by atoms with Gasteiger partial charge in [-0.1, -0.05) is 19.9 Å². The van der Waals surface area contributed by atoms with E-state index in [0.29, 0.717) is 25.1 Å². The van der Waals surface area contributed by atoms with Crippen LogP contribution in [0.2, 0.25) is 0 Å². The number of aliphatic hydroxyl groups excluding tert-OH is 1. The van der Waals surface area contributed by atoms with E-state index < -0.39 is 6.10 Å². The fourth-order valence-corrected chi connectivity index (χ4v) is 2.08. The summed E-state index contributed by atoms with van der Waals surface area (Å²) in [4.78, 5) is 0. The van der Waals surface area contributed by atoms with Crippen molar-refractivity contribution >= 4 is 0 Å². The molecular weight excluding hydrogens is 238 g/mol. The molecule has 19 heavy (non-hydrogen) atoms. The summed E-state index contributed by atoms with van der Waals surface area (Å²) in [6, 6.07) is 6.65. The summed E-state index contributed by atoms with van der Waals surface area (Å²) < 4.78 is 5.65. The van der Waals surface area contributed by atoms with Gasteiger partial charge in [0.2, 0.25) is 0 Å². The average Bonchev–Trinajstić information content (AvgIpc) is 2.33. The lowest BCUT2D eigenvalue weighted by molar-refractivity contribution is -0.688. The van der Waals surface area contributed by atoms with Crippen LogP contribution in [0.4, 0.5) is 0 Å². The third-order valence-corrected chi connectivity index (χ3v) is 3.19. The molecule has 0 aliphatic carbocycles. The zero-order valence-electron chi connectivity index (χ0n) is 12.8. The Hall–Kier alpha value is -1.06. The van der Waals surface area contributed by atoms with Crippen molar-refractivity contribution in [3.8, 4) is 5.75 Å². The molecule has 0 aliphatic heterocycles. The number of aliphatic hydroxyl groups is 1. The van der Waals surface area contributed by atoms with Crippen molar-refractivity contribution in [1.82, 2.24) is 0 Å². The molecule has 1 aromatic carbocycles. The number of hydrogen-bond acceptors (Lipinski definition) is 2. The lowest BCUT2D eigenvalue weighted by Gasteiger charge is -2.15. The highest BCUT2D eigenvalue weighted by Gasteiger charge is 2.10. The van der Waals surface area contributed by atoms with Gasteiger partial charge < -0.3 is 15.2 Å². The molecular formula is C16H28NO2+. The molecule has 0 radical (unpaired) electrons. The van der Waals surface area contributed by atoms with E-state index in [4.69, 9.17) is 4.74 Å². The van der Waals surface area contributed by atoms with E-state index in [2.05, 4.69) is 46.0 Å². The van der Waals surface area contributed by atoms with E-state index >= 15 is 0 Å². The van der Waals surface area contributed by atoms with Crippen molar-refractivity contribution in [3.63, 3.8) is 0 Å². The van der Waals surface area contributed by atoms with Gasteiger partial charge in [0, 0.05) is 0 Å². The van der Waals surface area contributed by atoms with Gasteiger partial charge in [-0.3, -0.25) is 0 Å². The van der Waals surface area contributed by atoms with Gasteiger partial charge in [0.25, 0.3) is 0 Å². The maximum Gasteiger partial charge on any atom is 0.137 e. The van der Waals surface area contributed by atoms with E-state index in [1.807, 2.05) is 12.1 Å². The van der Waals surface area contributed by atoms with Gasteiger partial charge >= 0.3 is 0 Å². The molecule has 0 bridgehead atoms. The van der Waals surface area contributed by atoms with Crippen LogP contribution in [0.15, 0.2) is 18.2 Å². The lowest BCUT2D eigenvalue weighted by Crippen LogP contribution is -2.90. The number of benzene rings is 1. The zero-order chi connectivity index (χ0) is 14.4. The summed E-state index contributed by atoms with van der Waals surface area (Å²) in [5.41, 5.74) is 2.59. The van der Waals surface area contributed by atoms with Crippen LogP contribution in [0.3, 0.4) is 0 Å². The van der Waals surface area contributed by atoms with Crippen LogP contribution >= 0.6 is 0 Å². The van der Waals surface area contributed by atoms with Crippen LogP contribution in [0, 0.1) is 6.92 Å². The first kappa shape index (κ1) is 16.0. The second-order valence-corrected chi connectivity index (χ2v) is 5.85. The van der Waals surface area contributed by atoms with E-state index in [1.165, 1.54) is 11.1 Å². The highest BCUT2D eigenvalue weighted by atomic mass is 16.5. The maximum absolute atomic E-state index is 9.82. The maximum atomic E-state index is 9.82. The van der Waals surface area contributed by atoms with E-state index in [1.54, 1.807) is 0 Å². The molecule has 1 rings (SSSR count). The topological polar surface area (TPSA) is 46.1 Å². The Morgan fingerprint density at radius 3 is 2.42 bits per heavy atom. The molecule has 0 heterocycles. The molecule has 0 saturated heterocycles. The molecule has 108 valence electrons. The number of aryl methyl sites for hydroxylation is 1. The third kappa shape index (κ3) is 5.62. The number of nitrogens with two attached hydrogens (primary N) is 1. The minimum Gasteiger partial charge on any atom is -0.491 e. The zero-order valence-corrected chi connectivity index (χ0v) is 12.8. The molecule has 1 aromatic rings. The van der Waals surface area contributed by atoms with Crippen molar-refractivity contribution in [2.75, 3.05) is 13.2 Å². The molecule has 0 fully saturated rings. The highest BCUT2D eigenvalue weighted by molar-refractivity contribution is 5.36. The Kier molecular flexibility index (Phi) is 6.32. The molecule has 0 aliphatic rings. The Morgan fingerprint density at radius 1 is 1.21 bits per heavy atom. The van der Waals surface area contributed by atoms with Crippen LogP contribution in [0.1, 0.15) is 44.7 Å². The number of hydrogen-bond donors (Lipinski definition) is 2. The molecule has 3 heteroatoms. The third-order valence-electron chi connectivity index (χ3n) is 3.19. The second-order valence-electron chi connectivity index (χ2n) is 5.85. The van der Waals surface area contributed by atoms with E-state index in [-0.39, 0.29) is 0 Å². The summed E-state index contributed by atoms with van der Waals surface area (Å²) in [7, 11) is 0. The monoisotopic (exact) mass is 266 g/mol. The van der Waals surface area contributed by atoms with Crippen molar-refractivity contribution in [3.05, 3.63) is 29.3 Å². The molecule has 0 amide bonds. The molecule has 0 unspecified atom stereocenters. The predicted octanol–water partition coefficient (Wildman–Crippen LogP) is 1.83. The van der Waals surface area contributed by atoms with Gasteiger partial charge in [0.1, 0.15) is 25.0 Å². The highest BCUT2D eigenvalue weighted by Crippen LogP contribution is 2.23. The van der Waals surface area contributed by atoms with Crippen molar-refractivity contribution in [1.29, 1.82) is 0 Å². The summed E-state index contributed by atoms with van der Waals surface area (Å²) in [6.45, 7) is 11.7. The molecule has 0 spiro atoms. The number of rotatable bonds is 7. The Morgan fingerprint density at radius 2 is 1.89 bits per heavy atom.